The first kappa shape index (κ1) is 18.3. The zero-order chi connectivity index (χ0) is 18.5. The van der Waals surface area contributed by atoms with Crippen LogP contribution in [0.1, 0.15) is 34.9 Å². The first-order valence-electron chi connectivity index (χ1n) is 9.00. The van der Waals surface area contributed by atoms with Crippen molar-refractivity contribution < 1.29 is 14.3 Å². The SMILES string of the molecule is COc1cccc(OC)c1C(=O)NC[C@H](c1cccn1C)N1CCCC1. The molecular formula is C20H27N3O3. The molecule has 3 rings (SSSR count). The van der Waals surface area contributed by atoms with Gasteiger partial charge in [0.2, 0.25) is 0 Å². The predicted octanol–water partition coefficient (Wildman–Crippen LogP) is 2.61. The summed E-state index contributed by atoms with van der Waals surface area (Å²) in [7, 11) is 5.16. The van der Waals surface area contributed by atoms with Gasteiger partial charge in [0.15, 0.2) is 0 Å². The Kier molecular flexibility index (Phi) is 5.83. The monoisotopic (exact) mass is 357 g/mol. The van der Waals surface area contributed by atoms with Gasteiger partial charge in [-0.2, -0.15) is 0 Å². The fourth-order valence-electron chi connectivity index (χ4n) is 3.65. The normalized spacial score (nSPS) is 15.7. The third kappa shape index (κ3) is 3.70. The topological polar surface area (TPSA) is 55.7 Å². The molecule has 2 aromatic rings. The van der Waals surface area contributed by atoms with Crippen LogP contribution < -0.4 is 14.8 Å². The summed E-state index contributed by atoms with van der Waals surface area (Å²) in [5.74, 6) is 0.842. The number of hydrogen-bond acceptors (Lipinski definition) is 4. The number of methoxy groups -OCH3 is 2. The molecule has 6 heteroatoms. The lowest BCUT2D eigenvalue weighted by Gasteiger charge is -2.28. The van der Waals surface area contributed by atoms with Crippen molar-refractivity contribution in [1.29, 1.82) is 0 Å². The molecule has 1 aromatic carbocycles. The third-order valence-electron chi connectivity index (χ3n) is 5.02. The van der Waals surface area contributed by atoms with Gasteiger partial charge in [0, 0.05) is 25.5 Å². The zero-order valence-corrected chi connectivity index (χ0v) is 15.7. The van der Waals surface area contributed by atoms with Crippen LogP contribution in [0.15, 0.2) is 36.5 Å². The van der Waals surface area contributed by atoms with Gasteiger partial charge in [0.05, 0.1) is 20.3 Å². The number of aryl methyl sites for hydroxylation is 1. The maximum Gasteiger partial charge on any atom is 0.258 e. The standard InChI is InChI=1S/C20H27N3O3/c1-22-11-7-8-15(22)16(23-12-4-5-13-23)14-21-20(24)19-17(25-2)9-6-10-18(19)26-3/h6-11,16H,4-5,12-14H2,1-3H3,(H,21,24)/t16-/m1/s1. The zero-order valence-electron chi connectivity index (χ0n) is 15.7. The molecule has 0 aliphatic carbocycles. The largest absolute Gasteiger partial charge is 0.496 e. The molecule has 1 fully saturated rings. The van der Waals surface area contributed by atoms with Gasteiger partial charge in [-0.25, -0.2) is 0 Å². The Bertz CT molecular complexity index is 728. The molecule has 1 saturated heterocycles. The van der Waals surface area contributed by atoms with Crippen LogP contribution in [-0.4, -0.2) is 49.2 Å². The molecule has 26 heavy (non-hydrogen) atoms. The van der Waals surface area contributed by atoms with Crippen molar-refractivity contribution in [3.8, 4) is 11.5 Å². The maximum absolute atomic E-state index is 12.9. The molecule has 0 radical (unpaired) electrons. The average Bonchev–Trinajstić information content (AvgIpc) is 3.33. The number of carbonyl (C=O) groups excluding carboxylic acids is 1. The van der Waals surface area contributed by atoms with E-state index in [1.165, 1.54) is 18.5 Å². The number of likely N-dealkylation sites (tertiary alicyclic amines) is 1. The van der Waals surface area contributed by atoms with Crippen molar-refractivity contribution in [2.24, 2.45) is 7.05 Å². The van der Waals surface area contributed by atoms with Crippen molar-refractivity contribution >= 4 is 5.91 Å². The van der Waals surface area contributed by atoms with Crippen molar-refractivity contribution in [3.05, 3.63) is 47.8 Å². The van der Waals surface area contributed by atoms with Crippen molar-refractivity contribution in [1.82, 2.24) is 14.8 Å². The van der Waals surface area contributed by atoms with E-state index in [0.717, 1.165) is 13.1 Å². The molecule has 1 amide bonds. The number of hydrogen-bond donors (Lipinski definition) is 1. The Morgan fingerprint density at radius 3 is 2.31 bits per heavy atom. The highest BCUT2D eigenvalue weighted by Gasteiger charge is 2.27. The number of rotatable bonds is 7. The van der Waals surface area contributed by atoms with Crippen LogP contribution >= 0.6 is 0 Å². The molecule has 1 aliphatic heterocycles. The average molecular weight is 357 g/mol. The Morgan fingerprint density at radius 2 is 1.77 bits per heavy atom. The number of nitrogens with zero attached hydrogens (tertiary/aromatic N) is 2. The third-order valence-corrected chi connectivity index (χ3v) is 5.02. The summed E-state index contributed by atoms with van der Waals surface area (Å²) in [5, 5.41) is 3.09. The Morgan fingerprint density at radius 1 is 1.12 bits per heavy atom. The van der Waals surface area contributed by atoms with Crippen LogP contribution in [-0.2, 0) is 7.05 Å². The van der Waals surface area contributed by atoms with Gasteiger partial charge in [-0.15, -0.1) is 0 Å². The number of nitrogens with one attached hydrogen (secondary N) is 1. The van der Waals surface area contributed by atoms with Gasteiger partial charge in [-0.05, 0) is 50.2 Å². The van der Waals surface area contributed by atoms with Gasteiger partial charge in [-0.1, -0.05) is 6.07 Å². The van der Waals surface area contributed by atoms with E-state index < -0.39 is 0 Å². The Balaban J connectivity index is 1.79. The summed E-state index contributed by atoms with van der Waals surface area (Å²) in [5.41, 5.74) is 1.64. The van der Waals surface area contributed by atoms with Crippen molar-refractivity contribution in [3.63, 3.8) is 0 Å². The van der Waals surface area contributed by atoms with E-state index in [1.807, 2.05) is 25.4 Å². The van der Waals surface area contributed by atoms with Gasteiger partial charge < -0.3 is 19.4 Å². The number of ether oxygens (including phenoxy) is 2. The molecule has 1 aromatic heterocycles. The van der Waals surface area contributed by atoms with E-state index in [-0.39, 0.29) is 11.9 Å². The van der Waals surface area contributed by atoms with Gasteiger partial charge >= 0.3 is 0 Å². The Labute approximate surface area is 154 Å². The summed E-state index contributed by atoms with van der Waals surface area (Å²) in [6.45, 7) is 2.66. The lowest BCUT2D eigenvalue weighted by Crippen LogP contribution is -2.37. The maximum atomic E-state index is 12.9. The van der Waals surface area contributed by atoms with Crippen molar-refractivity contribution in [2.75, 3.05) is 33.9 Å². The highest BCUT2D eigenvalue weighted by atomic mass is 16.5. The fraction of sp³-hybridized carbons (Fsp3) is 0.450. The number of carbonyl (C=O) groups is 1. The van der Waals surface area contributed by atoms with E-state index in [0.29, 0.717) is 23.6 Å². The van der Waals surface area contributed by atoms with Crippen molar-refractivity contribution in [2.45, 2.75) is 18.9 Å². The second-order valence-electron chi connectivity index (χ2n) is 6.55. The van der Waals surface area contributed by atoms with Crippen LogP contribution in [0.25, 0.3) is 0 Å². The molecule has 6 nitrogen and oxygen atoms in total. The highest BCUT2D eigenvalue weighted by Crippen LogP contribution is 2.29. The fourth-order valence-corrected chi connectivity index (χ4v) is 3.65. The number of aromatic nitrogens is 1. The van der Waals surface area contributed by atoms with Crippen LogP contribution in [0.3, 0.4) is 0 Å². The van der Waals surface area contributed by atoms with Gasteiger partial charge in [-0.3, -0.25) is 9.69 Å². The second-order valence-corrected chi connectivity index (χ2v) is 6.55. The summed E-state index contributed by atoms with van der Waals surface area (Å²) in [6.07, 6.45) is 4.45. The van der Waals surface area contributed by atoms with Crippen LogP contribution in [0.4, 0.5) is 0 Å². The first-order valence-corrected chi connectivity index (χ1v) is 9.00. The molecule has 2 heterocycles. The van der Waals surface area contributed by atoms with Crippen LogP contribution in [0.5, 0.6) is 11.5 Å². The first-order chi connectivity index (χ1) is 12.7. The van der Waals surface area contributed by atoms with E-state index in [4.69, 9.17) is 9.47 Å². The molecule has 1 N–H and O–H groups in total. The minimum atomic E-state index is -0.183. The number of benzene rings is 1. The molecule has 140 valence electrons. The summed E-state index contributed by atoms with van der Waals surface area (Å²) in [6, 6.07) is 9.68. The molecule has 0 saturated carbocycles. The van der Waals surface area contributed by atoms with Crippen LogP contribution in [0, 0.1) is 0 Å². The number of amides is 1. The summed E-state index contributed by atoms with van der Waals surface area (Å²) >= 11 is 0. The van der Waals surface area contributed by atoms with E-state index in [9.17, 15) is 4.79 Å². The summed E-state index contributed by atoms with van der Waals surface area (Å²) in [4.78, 5) is 15.3. The van der Waals surface area contributed by atoms with Gasteiger partial charge in [0.1, 0.15) is 17.1 Å². The minimum absolute atomic E-state index is 0.155. The minimum Gasteiger partial charge on any atom is -0.496 e. The Hall–Kier alpha value is -2.47. The lowest BCUT2D eigenvalue weighted by atomic mass is 10.1. The van der Waals surface area contributed by atoms with E-state index >= 15 is 0 Å². The second kappa shape index (κ2) is 8.27. The lowest BCUT2D eigenvalue weighted by molar-refractivity contribution is 0.0930. The molecule has 0 bridgehead atoms. The molecular weight excluding hydrogens is 330 g/mol. The smallest absolute Gasteiger partial charge is 0.258 e. The van der Waals surface area contributed by atoms with E-state index in [1.54, 1.807) is 26.4 Å². The molecule has 0 unspecified atom stereocenters. The molecule has 1 aliphatic rings. The molecule has 0 spiro atoms. The van der Waals surface area contributed by atoms with Crippen LogP contribution in [0.2, 0.25) is 0 Å². The van der Waals surface area contributed by atoms with Gasteiger partial charge in [0.25, 0.3) is 5.91 Å². The summed E-state index contributed by atoms with van der Waals surface area (Å²) < 4.78 is 12.8. The molecule has 1 atom stereocenters. The van der Waals surface area contributed by atoms with E-state index in [2.05, 4.69) is 20.9 Å². The predicted molar refractivity (Wildman–Crippen MR) is 101 cm³/mol. The quantitative estimate of drug-likeness (QED) is 0.828. The highest BCUT2D eigenvalue weighted by molar-refractivity contribution is 5.99.